The SMILES string of the molecule is CC(=O)NCCCNC(=O)[C@H](C)NC(=O)Cc1c[nH]c2ccccc12. The molecule has 3 amide bonds. The maximum atomic E-state index is 12.2. The molecule has 25 heavy (non-hydrogen) atoms. The van der Waals surface area contributed by atoms with E-state index in [4.69, 9.17) is 0 Å². The van der Waals surface area contributed by atoms with Gasteiger partial charge in [-0.1, -0.05) is 18.2 Å². The average Bonchev–Trinajstić information content (AvgIpc) is 2.97. The van der Waals surface area contributed by atoms with E-state index >= 15 is 0 Å². The van der Waals surface area contributed by atoms with Crippen molar-refractivity contribution >= 4 is 28.6 Å². The minimum absolute atomic E-state index is 0.0933. The first kappa shape index (κ1) is 18.5. The molecule has 0 aliphatic heterocycles. The summed E-state index contributed by atoms with van der Waals surface area (Å²) in [6.45, 7) is 4.05. The fourth-order valence-corrected chi connectivity index (χ4v) is 2.53. The molecule has 134 valence electrons. The first-order valence-electron chi connectivity index (χ1n) is 8.34. The molecule has 0 unspecified atom stereocenters. The maximum Gasteiger partial charge on any atom is 0.242 e. The molecule has 1 aromatic carbocycles. The lowest BCUT2D eigenvalue weighted by atomic mass is 10.1. The quantitative estimate of drug-likeness (QED) is 0.534. The van der Waals surface area contributed by atoms with Gasteiger partial charge in [0, 0.05) is 37.1 Å². The van der Waals surface area contributed by atoms with Crippen molar-refractivity contribution in [1.29, 1.82) is 0 Å². The van der Waals surface area contributed by atoms with Crippen molar-refractivity contribution in [1.82, 2.24) is 20.9 Å². The number of hydrogen-bond donors (Lipinski definition) is 4. The van der Waals surface area contributed by atoms with Crippen LogP contribution in [0, 0.1) is 0 Å². The second kappa shape index (κ2) is 8.86. The summed E-state index contributed by atoms with van der Waals surface area (Å²) >= 11 is 0. The summed E-state index contributed by atoms with van der Waals surface area (Å²) in [6.07, 6.45) is 2.67. The van der Waals surface area contributed by atoms with E-state index in [2.05, 4.69) is 20.9 Å². The highest BCUT2D eigenvalue weighted by Crippen LogP contribution is 2.17. The van der Waals surface area contributed by atoms with Crippen molar-refractivity contribution in [3.63, 3.8) is 0 Å². The Balaban J connectivity index is 1.75. The highest BCUT2D eigenvalue weighted by atomic mass is 16.2. The topological polar surface area (TPSA) is 103 Å². The molecule has 2 rings (SSSR count). The zero-order valence-electron chi connectivity index (χ0n) is 14.5. The Morgan fingerprint density at radius 1 is 1.12 bits per heavy atom. The number of hydrogen-bond acceptors (Lipinski definition) is 3. The van der Waals surface area contributed by atoms with Crippen LogP contribution in [0.2, 0.25) is 0 Å². The number of para-hydroxylation sites is 1. The van der Waals surface area contributed by atoms with Crippen LogP contribution in [0.1, 0.15) is 25.8 Å². The minimum atomic E-state index is -0.613. The number of carbonyl (C=O) groups is 3. The zero-order valence-corrected chi connectivity index (χ0v) is 14.5. The van der Waals surface area contributed by atoms with E-state index in [1.807, 2.05) is 30.5 Å². The molecule has 0 radical (unpaired) electrons. The number of rotatable bonds is 8. The van der Waals surface area contributed by atoms with Crippen LogP contribution in [-0.4, -0.2) is 41.8 Å². The molecule has 2 aromatic rings. The van der Waals surface area contributed by atoms with Crippen LogP contribution in [0.4, 0.5) is 0 Å². The van der Waals surface area contributed by atoms with Crippen molar-refractivity contribution in [2.24, 2.45) is 0 Å². The Bertz CT molecular complexity index is 754. The Hall–Kier alpha value is -2.83. The van der Waals surface area contributed by atoms with Gasteiger partial charge < -0.3 is 20.9 Å². The molecular formula is C18H24N4O3. The van der Waals surface area contributed by atoms with Crippen LogP contribution >= 0.6 is 0 Å². The van der Waals surface area contributed by atoms with E-state index in [0.29, 0.717) is 19.5 Å². The second-order valence-corrected chi connectivity index (χ2v) is 5.95. The number of amides is 3. The van der Waals surface area contributed by atoms with Crippen molar-refractivity contribution in [2.45, 2.75) is 32.7 Å². The van der Waals surface area contributed by atoms with E-state index in [-0.39, 0.29) is 24.1 Å². The standard InChI is InChI=1S/C18H24N4O3/c1-12(18(25)20-9-5-8-19-13(2)23)22-17(24)10-14-11-21-16-7-4-3-6-15(14)16/h3-4,6-7,11-12,21H,5,8-10H2,1-2H3,(H,19,23)(H,20,25)(H,22,24)/t12-/m0/s1. The van der Waals surface area contributed by atoms with Crippen LogP contribution in [0.5, 0.6) is 0 Å². The molecule has 7 nitrogen and oxygen atoms in total. The number of H-pyrrole nitrogens is 1. The van der Waals surface area contributed by atoms with Gasteiger partial charge in [0.25, 0.3) is 0 Å². The van der Waals surface area contributed by atoms with Gasteiger partial charge in [-0.05, 0) is 25.0 Å². The highest BCUT2D eigenvalue weighted by Gasteiger charge is 2.16. The molecule has 4 N–H and O–H groups in total. The van der Waals surface area contributed by atoms with Gasteiger partial charge in [0.05, 0.1) is 6.42 Å². The average molecular weight is 344 g/mol. The predicted octanol–water partition coefficient (Wildman–Crippen LogP) is 0.858. The fourth-order valence-electron chi connectivity index (χ4n) is 2.53. The van der Waals surface area contributed by atoms with Crippen LogP contribution in [0.15, 0.2) is 30.5 Å². The van der Waals surface area contributed by atoms with Gasteiger partial charge in [-0.2, -0.15) is 0 Å². The lowest BCUT2D eigenvalue weighted by molar-refractivity contribution is -0.128. The largest absolute Gasteiger partial charge is 0.361 e. The van der Waals surface area contributed by atoms with E-state index in [9.17, 15) is 14.4 Å². The van der Waals surface area contributed by atoms with Crippen LogP contribution < -0.4 is 16.0 Å². The van der Waals surface area contributed by atoms with Crippen LogP contribution in [0.25, 0.3) is 10.9 Å². The van der Waals surface area contributed by atoms with Gasteiger partial charge in [-0.3, -0.25) is 14.4 Å². The third-order valence-corrected chi connectivity index (χ3v) is 3.82. The molecule has 0 spiro atoms. The monoisotopic (exact) mass is 344 g/mol. The normalized spacial score (nSPS) is 11.8. The first-order chi connectivity index (χ1) is 12.0. The van der Waals surface area contributed by atoms with Crippen molar-refractivity contribution < 1.29 is 14.4 Å². The molecular weight excluding hydrogens is 320 g/mol. The van der Waals surface area contributed by atoms with Crippen molar-refractivity contribution in [3.8, 4) is 0 Å². The number of aromatic amines is 1. The highest BCUT2D eigenvalue weighted by molar-refractivity contribution is 5.91. The van der Waals surface area contributed by atoms with Gasteiger partial charge in [0.2, 0.25) is 17.7 Å². The van der Waals surface area contributed by atoms with Gasteiger partial charge in [-0.15, -0.1) is 0 Å². The van der Waals surface area contributed by atoms with Gasteiger partial charge in [0.1, 0.15) is 6.04 Å². The number of fused-ring (bicyclic) bond motifs is 1. The molecule has 1 heterocycles. The molecule has 1 atom stereocenters. The number of aromatic nitrogens is 1. The van der Waals surface area contributed by atoms with E-state index in [1.165, 1.54) is 6.92 Å². The third-order valence-electron chi connectivity index (χ3n) is 3.82. The summed E-state index contributed by atoms with van der Waals surface area (Å²) in [4.78, 5) is 38.0. The molecule has 0 saturated carbocycles. The molecule has 0 saturated heterocycles. The third kappa shape index (κ3) is 5.63. The van der Waals surface area contributed by atoms with Gasteiger partial charge in [0.15, 0.2) is 0 Å². The fraction of sp³-hybridized carbons (Fsp3) is 0.389. The maximum absolute atomic E-state index is 12.2. The molecule has 0 fully saturated rings. The second-order valence-electron chi connectivity index (χ2n) is 5.95. The smallest absolute Gasteiger partial charge is 0.242 e. The van der Waals surface area contributed by atoms with E-state index in [1.54, 1.807) is 6.92 Å². The Morgan fingerprint density at radius 2 is 1.84 bits per heavy atom. The summed E-state index contributed by atoms with van der Waals surface area (Å²) in [5.41, 5.74) is 1.88. The van der Waals surface area contributed by atoms with Crippen molar-refractivity contribution in [3.05, 3.63) is 36.0 Å². The minimum Gasteiger partial charge on any atom is -0.361 e. The number of carbonyl (C=O) groups excluding carboxylic acids is 3. The Morgan fingerprint density at radius 3 is 2.60 bits per heavy atom. The van der Waals surface area contributed by atoms with E-state index < -0.39 is 6.04 Å². The Labute approximate surface area is 146 Å². The zero-order chi connectivity index (χ0) is 18.2. The molecule has 0 aliphatic rings. The molecule has 0 aliphatic carbocycles. The van der Waals surface area contributed by atoms with Gasteiger partial charge in [-0.25, -0.2) is 0 Å². The lowest BCUT2D eigenvalue weighted by Crippen LogP contribution is -2.45. The predicted molar refractivity (Wildman–Crippen MR) is 95.9 cm³/mol. The van der Waals surface area contributed by atoms with Crippen molar-refractivity contribution in [2.75, 3.05) is 13.1 Å². The Kier molecular flexibility index (Phi) is 6.56. The summed E-state index contributed by atoms with van der Waals surface area (Å²) < 4.78 is 0. The van der Waals surface area contributed by atoms with Crippen LogP contribution in [0.3, 0.4) is 0 Å². The summed E-state index contributed by atoms with van der Waals surface area (Å²) in [5, 5.41) is 9.11. The molecule has 0 bridgehead atoms. The van der Waals surface area contributed by atoms with E-state index in [0.717, 1.165) is 16.5 Å². The van der Waals surface area contributed by atoms with Gasteiger partial charge >= 0.3 is 0 Å². The number of nitrogens with one attached hydrogen (secondary N) is 4. The van der Waals surface area contributed by atoms with Crippen LogP contribution in [-0.2, 0) is 20.8 Å². The summed E-state index contributed by atoms with van der Waals surface area (Å²) in [7, 11) is 0. The first-order valence-corrected chi connectivity index (χ1v) is 8.34. The molecule has 7 heteroatoms. The lowest BCUT2D eigenvalue weighted by Gasteiger charge is -2.14. The summed E-state index contributed by atoms with van der Waals surface area (Å²) in [6, 6.07) is 7.15. The molecule has 1 aromatic heterocycles. The number of benzene rings is 1. The summed E-state index contributed by atoms with van der Waals surface area (Å²) in [5.74, 6) is -0.537.